The molecule has 0 fully saturated rings. The van der Waals surface area contributed by atoms with E-state index in [1.54, 1.807) is 24.5 Å². The first-order valence-corrected chi connectivity index (χ1v) is 6.33. The van der Waals surface area contributed by atoms with Crippen LogP contribution in [0.3, 0.4) is 0 Å². The summed E-state index contributed by atoms with van der Waals surface area (Å²) in [7, 11) is 0. The molecule has 2 aromatic rings. The Morgan fingerprint density at radius 2 is 1.85 bits per heavy atom. The van der Waals surface area contributed by atoms with E-state index in [2.05, 4.69) is 43.2 Å². The second kappa shape index (κ2) is 7.06. The highest BCUT2D eigenvalue weighted by Crippen LogP contribution is 2.16. The number of aromatic nitrogens is 1. The number of aryl methyl sites for hydroxylation is 3. The number of carbonyl (C=O) groups is 1. The van der Waals surface area contributed by atoms with E-state index in [4.69, 9.17) is 0 Å². The lowest BCUT2D eigenvalue weighted by atomic mass is 10.00. The van der Waals surface area contributed by atoms with Crippen molar-refractivity contribution in [2.75, 3.05) is 0 Å². The highest BCUT2D eigenvalue weighted by atomic mass is 35.5. The zero-order chi connectivity index (χ0) is 13.8. The fourth-order valence-corrected chi connectivity index (χ4v) is 2.26. The van der Waals surface area contributed by atoms with E-state index in [0.29, 0.717) is 12.1 Å². The monoisotopic (exact) mass is 290 g/mol. The van der Waals surface area contributed by atoms with Gasteiger partial charge in [0.25, 0.3) is 5.91 Å². The molecule has 0 radical (unpaired) electrons. The molecule has 106 valence electrons. The van der Waals surface area contributed by atoms with Gasteiger partial charge in [0.15, 0.2) is 0 Å². The molecule has 0 atom stereocenters. The maximum atomic E-state index is 12.0. The molecule has 0 saturated carbocycles. The van der Waals surface area contributed by atoms with Crippen LogP contribution in [0.2, 0.25) is 0 Å². The summed E-state index contributed by atoms with van der Waals surface area (Å²) in [6.07, 6.45) is 3.23. The smallest absolute Gasteiger partial charge is 0.253 e. The number of benzene rings is 1. The Bertz CT molecular complexity index is 574. The SMILES string of the molecule is Cc1cc(C)c(CNC(=O)c2cccnc2)c(C)c1.Cl. The molecule has 2 rings (SSSR count). The number of nitrogens with zero attached hydrogens (tertiary/aromatic N) is 1. The van der Waals surface area contributed by atoms with Crippen molar-refractivity contribution >= 4 is 18.3 Å². The lowest BCUT2D eigenvalue weighted by Crippen LogP contribution is -2.23. The number of rotatable bonds is 3. The average Bonchev–Trinajstić information content (AvgIpc) is 2.38. The summed E-state index contributed by atoms with van der Waals surface area (Å²) >= 11 is 0. The zero-order valence-electron chi connectivity index (χ0n) is 11.9. The molecule has 20 heavy (non-hydrogen) atoms. The van der Waals surface area contributed by atoms with E-state index in [9.17, 15) is 4.79 Å². The summed E-state index contributed by atoms with van der Waals surface area (Å²) in [4.78, 5) is 15.9. The van der Waals surface area contributed by atoms with Gasteiger partial charge in [-0.15, -0.1) is 12.4 Å². The first-order valence-electron chi connectivity index (χ1n) is 6.33. The maximum Gasteiger partial charge on any atom is 0.253 e. The molecule has 0 aliphatic heterocycles. The lowest BCUT2D eigenvalue weighted by molar-refractivity contribution is 0.0950. The van der Waals surface area contributed by atoms with Crippen molar-refractivity contribution in [2.24, 2.45) is 0 Å². The third kappa shape index (κ3) is 3.81. The molecule has 0 saturated heterocycles. The van der Waals surface area contributed by atoms with Crippen LogP contribution in [0.25, 0.3) is 0 Å². The maximum absolute atomic E-state index is 12.0. The fraction of sp³-hybridized carbons (Fsp3) is 0.250. The van der Waals surface area contributed by atoms with Crippen LogP contribution in [-0.2, 0) is 6.54 Å². The molecule has 1 amide bonds. The van der Waals surface area contributed by atoms with Gasteiger partial charge in [-0.05, 0) is 49.6 Å². The van der Waals surface area contributed by atoms with E-state index in [1.165, 1.54) is 22.3 Å². The number of halogens is 1. The zero-order valence-corrected chi connectivity index (χ0v) is 12.8. The topological polar surface area (TPSA) is 42.0 Å². The molecule has 0 spiro atoms. The normalized spacial score (nSPS) is 9.75. The van der Waals surface area contributed by atoms with Crippen LogP contribution in [0.15, 0.2) is 36.7 Å². The van der Waals surface area contributed by atoms with Crippen LogP contribution in [0.1, 0.15) is 32.6 Å². The predicted molar refractivity (Wildman–Crippen MR) is 83.3 cm³/mol. The van der Waals surface area contributed by atoms with Gasteiger partial charge < -0.3 is 5.32 Å². The van der Waals surface area contributed by atoms with Crippen molar-refractivity contribution in [3.63, 3.8) is 0 Å². The summed E-state index contributed by atoms with van der Waals surface area (Å²) in [5.74, 6) is -0.0903. The largest absolute Gasteiger partial charge is 0.348 e. The number of hydrogen-bond acceptors (Lipinski definition) is 2. The molecule has 0 aliphatic carbocycles. The van der Waals surface area contributed by atoms with Crippen molar-refractivity contribution < 1.29 is 4.79 Å². The van der Waals surface area contributed by atoms with Crippen molar-refractivity contribution in [3.05, 3.63) is 64.5 Å². The summed E-state index contributed by atoms with van der Waals surface area (Å²) in [6, 6.07) is 7.80. The number of nitrogens with one attached hydrogen (secondary N) is 1. The van der Waals surface area contributed by atoms with Gasteiger partial charge >= 0.3 is 0 Å². The van der Waals surface area contributed by atoms with Crippen molar-refractivity contribution in [1.82, 2.24) is 10.3 Å². The Morgan fingerprint density at radius 3 is 2.40 bits per heavy atom. The van der Waals surface area contributed by atoms with Gasteiger partial charge in [-0.25, -0.2) is 0 Å². The minimum atomic E-state index is -0.0903. The van der Waals surface area contributed by atoms with Gasteiger partial charge in [-0.1, -0.05) is 17.7 Å². The summed E-state index contributed by atoms with van der Waals surface area (Å²) in [6.45, 7) is 6.78. The van der Waals surface area contributed by atoms with Crippen molar-refractivity contribution in [2.45, 2.75) is 27.3 Å². The van der Waals surface area contributed by atoms with Crippen LogP contribution in [0.4, 0.5) is 0 Å². The first-order chi connectivity index (χ1) is 9.08. The Balaban J connectivity index is 0.00000200. The number of pyridine rings is 1. The summed E-state index contributed by atoms with van der Waals surface area (Å²) < 4.78 is 0. The molecular formula is C16H19ClN2O. The van der Waals surface area contributed by atoms with Gasteiger partial charge in [0.1, 0.15) is 0 Å². The quantitative estimate of drug-likeness (QED) is 0.942. The lowest BCUT2D eigenvalue weighted by Gasteiger charge is -2.12. The molecule has 3 nitrogen and oxygen atoms in total. The van der Waals surface area contributed by atoms with Gasteiger partial charge in [-0.3, -0.25) is 9.78 Å². The van der Waals surface area contributed by atoms with Gasteiger partial charge in [0.05, 0.1) is 5.56 Å². The molecule has 4 heteroatoms. The van der Waals surface area contributed by atoms with Crippen LogP contribution < -0.4 is 5.32 Å². The molecule has 0 unspecified atom stereocenters. The van der Waals surface area contributed by atoms with Crippen LogP contribution in [0.5, 0.6) is 0 Å². The van der Waals surface area contributed by atoms with E-state index in [0.717, 1.165) is 0 Å². The van der Waals surface area contributed by atoms with Crippen LogP contribution in [-0.4, -0.2) is 10.9 Å². The first kappa shape index (κ1) is 16.2. The average molecular weight is 291 g/mol. The third-order valence-electron chi connectivity index (χ3n) is 3.19. The number of hydrogen-bond donors (Lipinski definition) is 1. The molecule has 1 aromatic carbocycles. The minimum Gasteiger partial charge on any atom is -0.348 e. The Hall–Kier alpha value is -1.87. The van der Waals surface area contributed by atoms with Gasteiger partial charge in [-0.2, -0.15) is 0 Å². The highest BCUT2D eigenvalue weighted by Gasteiger charge is 2.08. The van der Waals surface area contributed by atoms with E-state index in [1.807, 2.05) is 0 Å². The summed E-state index contributed by atoms with van der Waals surface area (Å²) in [5.41, 5.74) is 5.44. The highest BCUT2D eigenvalue weighted by molar-refractivity contribution is 5.93. The Kier molecular flexibility index (Phi) is 5.71. The van der Waals surface area contributed by atoms with E-state index >= 15 is 0 Å². The third-order valence-corrected chi connectivity index (χ3v) is 3.19. The molecule has 1 aromatic heterocycles. The van der Waals surface area contributed by atoms with Crippen molar-refractivity contribution in [3.8, 4) is 0 Å². The number of carbonyl (C=O) groups excluding carboxylic acids is 1. The fourth-order valence-electron chi connectivity index (χ4n) is 2.26. The molecular weight excluding hydrogens is 272 g/mol. The standard InChI is InChI=1S/C16H18N2O.ClH/c1-11-7-12(2)15(13(3)8-11)10-18-16(19)14-5-4-6-17-9-14;/h4-9H,10H2,1-3H3,(H,18,19);1H. The van der Waals surface area contributed by atoms with Crippen LogP contribution >= 0.6 is 12.4 Å². The summed E-state index contributed by atoms with van der Waals surface area (Å²) in [5, 5.41) is 2.94. The predicted octanol–water partition coefficient (Wildman–Crippen LogP) is 3.36. The Labute approximate surface area is 125 Å². The molecule has 1 heterocycles. The molecule has 0 aliphatic rings. The van der Waals surface area contributed by atoms with Gasteiger partial charge in [0.2, 0.25) is 0 Å². The van der Waals surface area contributed by atoms with E-state index in [-0.39, 0.29) is 18.3 Å². The van der Waals surface area contributed by atoms with Gasteiger partial charge in [0, 0.05) is 18.9 Å². The van der Waals surface area contributed by atoms with E-state index < -0.39 is 0 Å². The minimum absolute atomic E-state index is 0. The second-order valence-corrected chi connectivity index (χ2v) is 4.80. The van der Waals surface area contributed by atoms with Crippen molar-refractivity contribution in [1.29, 1.82) is 0 Å². The van der Waals surface area contributed by atoms with Crippen LogP contribution in [0, 0.1) is 20.8 Å². The molecule has 1 N–H and O–H groups in total. The Morgan fingerprint density at radius 1 is 1.20 bits per heavy atom. The second-order valence-electron chi connectivity index (χ2n) is 4.80. The number of amides is 1. The molecule has 0 bridgehead atoms.